The minimum Gasteiger partial charge on any atom is -0.406 e. The number of hydrogen-bond donors (Lipinski definition) is 2. The molecule has 108 valence electrons. The monoisotopic (exact) mass is 362 g/mol. The molecule has 19 heavy (non-hydrogen) atoms. The summed E-state index contributed by atoms with van der Waals surface area (Å²) in [6.07, 6.45) is -4.84. The van der Waals surface area contributed by atoms with Gasteiger partial charge in [-0.1, -0.05) is 0 Å². The minimum absolute atomic E-state index is 0.0234. The number of alkyl halides is 3. The molecular formula is C9H10BrF3N2O3S. The van der Waals surface area contributed by atoms with E-state index >= 15 is 0 Å². The summed E-state index contributed by atoms with van der Waals surface area (Å²) in [6.45, 7) is 0.127. The molecule has 0 spiro atoms. The molecule has 0 aliphatic heterocycles. The van der Waals surface area contributed by atoms with Gasteiger partial charge in [0.2, 0.25) is 10.0 Å². The Morgan fingerprint density at radius 2 is 2.00 bits per heavy atom. The molecule has 0 aromatic heterocycles. The van der Waals surface area contributed by atoms with Crippen LogP contribution >= 0.6 is 15.9 Å². The Morgan fingerprint density at radius 3 is 2.47 bits per heavy atom. The Hall–Kier alpha value is -0.840. The number of benzene rings is 1. The Labute approximate surface area is 116 Å². The molecule has 1 aromatic rings. The minimum atomic E-state index is -4.84. The van der Waals surface area contributed by atoms with Crippen molar-refractivity contribution >= 4 is 26.0 Å². The first kappa shape index (κ1) is 16.2. The van der Waals surface area contributed by atoms with Gasteiger partial charge in [-0.2, -0.15) is 0 Å². The van der Waals surface area contributed by atoms with Crippen LogP contribution in [-0.4, -0.2) is 27.9 Å². The van der Waals surface area contributed by atoms with Gasteiger partial charge in [0.05, 0.1) is 4.90 Å². The van der Waals surface area contributed by atoms with Gasteiger partial charge in [-0.3, -0.25) is 0 Å². The van der Waals surface area contributed by atoms with E-state index in [0.29, 0.717) is 0 Å². The quantitative estimate of drug-likeness (QED) is 0.833. The molecule has 10 heteroatoms. The molecule has 0 saturated carbocycles. The normalized spacial score (nSPS) is 12.5. The van der Waals surface area contributed by atoms with Crippen LogP contribution in [0.1, 0.15) is 0 Å². The zero-order chi connectivity index (χ0) is 14.7. The summed E-state index contributed by atoms with van der Waals surface area (Å²) in [7, 11) is -3.83. The molecule has 0 fully saturated rings. The van der Waals surface area contributed by atoms with Crippen LogP contribution in [0.5, 0.6) is 5.75 Å². The second-order valence-electron chi connectivity index (χ2n) is 3.33. The predicted molar refractivity (Wildman–Crippen MR) is 65.1 cm³/mol. The van der Waals surface area contributed by atoms with Crippen molar-refractivity contribution in [1.82, 2.24) is 4.72 Å². The summed E-state index contributed by atoms with van der Waals surface area (Å²) in [5.41, 5.74) is 5.16. The van der Waals surface area contributed by atoms with Crippen molar-refractivity contribution < 1.29 is 26.3 Å². The zero-order valence-corrected chi connectivity index (χ0v) is 11.8. The highest BCUT2D eigenvalue weighted by molar-refractivity contribution is 9.10. The van der Waals surface area contributed by atoms with Gasteiger partial charge in [0.15, 0.2) is 0 Å². The maximum atomic E-state index is 12.0. The van der Waals surface area contributed by atoms with Crippen molar-refractivity contribution in [2.45, 2.75) is 11.3 Å². The van der Waals surface area contributed by atoms with Crippen molar-refractivity contribution in [3.8, 4) is 5.75 Å². The van der Waals surface area contributed by atoms with Crippen LogP contribution in [0.15, 0.2) is 27.6 Å². The van der Waals surface area contributed by atoms with Gasteiger partial charge in [0, 0.05) is 17.6 Å². The summed E-state index contributed by atoms with van der Waals surface area (Å²) in [6, 6.07) is 2.84. The molecule has 0 amide bonds. The van der Waals surface area contributed by atoms with Crippen molar-refractivity contribution in [2.24, 2.45) is 5.73 Å². The van der Waals surface area contributed by atoms with Gasteiger partial charge < -0.3 is 10.5 Å². The molecule has 0 aliphatic carbocycles. The van der Waals surface area contributed by atoms with Crippen LogP contribution in [0.3, 0.4) is 0 Å². The average molecular weight is 363 g/mol. The number of nitrogens with one attached hydrogen (secondary N) is 1. The lowest BCUT2D eigenvalue weighted by molar-refractivity contribution is -0.274. The molecule has 0 bridgehead atoms. The molecule has 0 heterocycles. The van der Waals surface area contributed by atoms with E-state index in [2.05, 4.69) is 25.4 Å². The van der Waals surface area contributed by atoms with Gasteiger partial charge in [-0.15, -0.1) is 13.2 Å². The molecule has 0 saturated heterocycles. The van der Waals surface area contributed by atoms with Crippen molar-refractivity contribution in [1.29, 1.82) is 0 Å². The molecule has 0 atom stereocenters. The number of hydrogen-bond acceptors (Lipinski definition) is 4. The fourth-order valence-corrected chi connectivity index (χ4v) is 3.27. The predicted octanol–water partition coefficient (Wildman–Crippen LogP) is 1.58. The van der Waals surface area contributed by atoms with Crippen LogP contribution in [0.4, 0.5) is 13.2 Å². The van der Waals surface area contributed by atoms with E-state index in [-0.39, 0.29) is 22.5 Å². The van der Waals surface area contributed by atoms with E-state index in [9.17, 15) is 21.6 Å². The highest BCUT2D eigenvalue weighted by Gasteiger charge is 2.31. The molecule has 0 unspecified atom stereocenters. The Kier molecular flexibility index (Phi) is 5.18. The lowest BCUT2D eigenvalue weighted by atomic mass is 10.3. The summed E-state index contributed by atoms with van der Waals surface area (Å²) in [5.74, 6) is -0.517. The second-order valence-corrected chi connectivity index (χ2v) is 5.92. The Bertz CT molecular complexity index is 548. The number of rotatable bonds is 5. The summed E-state index contributed by atoms with van der Waals surface area (Å²) < 4.78 is 65.3. The first-order valence-electron chi connectivity index (χ1n) is 4.91. The summed E-state index contributed by atoms with van der Waals surface area (Å²) >= 11 is 2.88. The maximum absolute atomic E-state index is 12.0. The van der Waals surface area contributed by atoms with Crippen LogP contribution < -0.4 is 15.2 Å². The number of ether oxygens (including phenoxy) is 1. The highest BCUT2D eigenvalue weighted by atomic mass is 79.9. The van der Waals surface area contributed by atoms with E-state index in [1.54, 1.807) is 0 Å². The number of nitrogens with two attached hydrogens (primary N) is 1. The van der Waals surface area contributed by atoms with Crippen LogP contribution in [0, 0.1) is 0 Å². The highest BCUT2D eigenvalue weighted by Crippen LogP contribution is 2.29. The van der Waals surface area contributed by atoms with E-state index < -0.39 is 22.1 Å². The third-order valence-corrected chi connectivity index (χ3v) is 4.30. The van der Waals surface area contributed by atoms with Crippen LogP contribution in [-0.2, 0) is 10.0 Å². The van der Waals surface area contributed by atoms with E-state index in [4.69, 9.17) is 5.73 Å². The first-order chi connectivity index (χ1) is 8.65. The van der Waals surface area contributed by atoms with E-state index in [1.165, 1.54) is 0 Å². The van der Waals surface area contributed by atoms with Gasteiger partial charge in [-0.05, 0) is 34.1 Å². The van der Waals surface area contributed by atoms with Gasteiger partial charge in [0.1, 0.15) is 5.75 Å². The van der Waals surface area contributed by atoms with Crippen molar-refractivity contribution in [3.05, 3.63) is 22.7 Å². The van der Waals surface area contributed by atoms with Crippen LogP contribution in [0.2, 0.25) is 0 Å². The van der Waals surface area contributed by atoms with Gasteiger partial charge in [-0.25, -0.2) is 13.1 Å². The lowest BCUT2D eigenvalue weighted by Crippen LogP contribution is -2.29. The number of sulfonamides is 1. The topological polar surface area (TPSA) is 81.4 Å². The summed E-state index contributed by atoms with van der Waals surface area (Å²) in [4.78, 5) is -0.199. The van der Waals surface area contributed by atoms with Crippen molar-refractivity contribution in [2.75, 3.05) is 13.1 Å². The smallest absolute Gasteiger partial charge is 0.406 e. The van der Waals surface area contributed by atoms with Crippen LogP contribution in [0.25, 0.3) is 0 Å². The van der Waals surface area contributed by atoms with Gasteiger partial charge in [0.25, 0.3) is 0 Å². The Balaban J connectivity index is 3.01. The first-order valence-corrected chi connectivity index (χ1v) is 7.18. The lowest BCUT2D eigenvalue weighted by Gasteiger charge is -2.11. The molecule has 0 aliphatic rings. The molecule has 5 nitrogen and oxygen atoms in total. The third kappa shape index (κ3) is 4.97. The maximum Gasteiger partial charge on any atom is 0.573 e. The third-order valence-electron chi connectivity index (χ3n) is 1.86. The largest absolute Gasteiger partial charge is 0.573 e. The van der Waals surface area contributed by atoms with E-state index in [0.717, 1.165) is 18.2 Å². The van der Waals surface area contributed by atoms with E-state index in [1.807, 2.05) is 0 Å². The molecular weight excluding hydrogens is 353 g/mol. The van der Waals surface area contributed by atoms with Crippen molar-refractivity contribution in [3.63, 3.8) is 0 Å². The molecule has 1 aromatic carbocycles. The summed E-state index contributed by atoms with van der Waals surface area (Å²) in [5, 5.41) is 0. The standard InChI is InChI=1S/C9H10BrF3N2O3S/c10-7-5-6(18-9(11,12)13)1-2-8(7)19(16,17)15-4-3-14/h1-2,5,15H,3-4,14H2. The SMILES string of the molecule is NCCNS(=O)(=O)c1ccc(OC(F)(F)F)cc1Br. The molecule has 0 radical (unpaired) electrons. The number of halogens is 4. The second kappa shape index (κ2) is 6.07. The Morgan fingerprint density at radius 1 is 1.37 bits per heavy atom. The fourth-order valence-electron chi connectivity index (χ4n) is 1.17. The molecule has 1 rings (SSSR count). The van der Waals surface area contributed by atoms with Gasteiger partial charge >= 0.3 is 6.36 Å². The molecule has 3 N–H and O–H groups in total. The zero-order valence-electron chi connectivity index (χ0n) is 9.37. The fraction of sp³-hybridized carbons (Fsp3) is 0.333. The average Bonchev–Trinajstić information content (AvgIpc) is 2.23.